The minimum atomic E-state index is -4.48. The standard InChI is InChI=1S/C30H33Cl2F3N4O2/c1-19(2)15-25(36)23-17-21(30(33,34)35)7-9-26(23)37-11-13-38(14-12-37)29(41)27(39-10-4-3-5-28(39)40)16-20-6-8-22(31)18-24(20)32/h3-10,17-19,25,27H,11-16,36H2,1-2H3. The summed E-state index contributed by atoms with van der Waals surface area (Å²) in [7, 11) is 0. The molecule has 220 valence electrons. The number of aromatic nitrogens is 1. The molecule has 4 rings (SSSR count). The molecular formula is C30H33Cl2F3N4O2. The largest absolute Gasteiger partial charge is 0.416 e. The topological polar surface area (TPSA) is 71.6 Å². The van der Waals surface area contributed by atoms with Gasteiger partial charge in [0, 0.05) is 66.6 Å². The number of alkyl halides is 3. The summed E-state index contributed by atoms with van der Waals surface area (Å²) in [5, 5.41) is 0.863. The highest BCUT2D eigenvalue weighted by atomic mass is 35.5. The van der Waals surface area contributed by atoms with Crippen molar-refractivity contribution in [2.24, 2.45) is 11.7 Å². The van der Waals surface area contributed by atoms with E-state index in [0.29, 0.717) is 59.5 Å². The fourth-order valence-corrected chi connectivity index (χ4v) is 5.71. The van der Waals surface area contributed by atoms with Crippen molar-refractivity contribution in [3.05, 3.63) is 97.9 Å². The van der Waals surface area contributed by atoms with Crippen LogP contribution in [-0.4, -0.2) is 41.6 Å². The van der Waals surface area contributed by atoms with Gasteiger partial charge in [0.05, 0.1) is 5.56 Å². The minimum Gasteiger partial charge on any atom is -0.368 e. The smallest absolute Gasteiger partial charge is 0.368 e. The van der Waals surface area contributed by atoms with Crippen LogP contribution in [0.1, 0.15) is 49.0 Å². The van der Waals surface area contributed by atoms with Crippen LogP contribution in [0.2, 0.25) is 10.0 Å². The first-order valence-corrected chi connectivity index (χ1v) is 14.2. The van der Waals surface area contributed by atoms with Gasteiger partial charge in [0.1, 0.15) is 6.04 Å². The second-order valence-electron chi connectivity index (χ2n) is 10.7. The molecule has 1 saturated heterocycles. The number of benzene rings is 2. The Hall–Kier alpha value is -3.01. The molecule has 0 aliphatic carbocycles. The number of rotatable bonds is 8. The maximum atomic E-state index is 13.9. The number of carbonyl (C=O) groups excluding carboxylic acids is 1. The van der Waals surface area contributed by atoms with E-state index in [4.69, 9.17) is 28.9 Å². The summed E-state index contributed by atoms with van der Waals surface area (Å²) in [6, 6.07) is 12.0. The molecule has 2 atom stereocenters. The molecule has 0 bridgehead atoms. The van der Waals surface area contributed by atoms with Crippen LogP contribution in [0.5, 0.6) is 0 Å². The fraction of sp³-hybridized carbons (Fsp3) is 0.400. The van der Waals surface area contributed by atoms with Gasteiger partial charge >= 0.3 is 6.18 Å². The summed E-state index contributed by atoms with van der Waals surface area (Å²) < 4.78 is 41.9. The molecule has 6 nitrogen and oxygen atoms in total. The Morgan fingerprint density at radius 3 is 2.32 bits per heavy atom. The Morgan fingerprint density at radius 2 is 1.71 bits per heavy atom. The van der Waals surface area contributed by atoms with Crippen LogP contribution in [-0.2, 0) is 17.4 Å². The Morgan fingerprint density at radius 1 is 1.00 bits per heavy atom. The van der Waals surface area contributed by atoms with Gasteiger partial charge in [-0.25, -0.2) is 0 Å². The lowest BCUT2D eigenvalue weighted by atomic mass is 9.94. The molecule has 1 aliphatic heterocycles. The molecule has 1 fully saturated rings. The predicted molar refractivity (Wildman–Crippen MR) is 157 cm³/mol. The summed E-state index contributed by atoms with van der Waals surface area (Å²) in [4.78, 5) is 30.2. The van der Waals surface area contributed by atoms with Crippen molar-refractivity contribution in [1.29, 1.82) is 0 Å². The van der Waals surface area contributed by atoms with Gasteiger partial charge in [-0.3, -0.25) is 9.59 Å². The van der Waals surface area contributed by atoms with E-state index in [9.17, 15) is 22.8 Å². The molecule has 1 aliphatic rings. The van der Waals surface area contributed by atoms with E-state index in [1.165, 1.54) is 16.7 Å². The van der Waals surface area contributed by atoms with Gasteiger partial charge in [-0.1, -0.05) is 49.2 Å². The maximum absolute atomic E-state index is 13.9. The van der Waals surface area contributed by atoms with Crippen LogP contribution in [0.15, 0.2) is 65.6 Å². The summed E-state index contributed by atoms with van der Waals surface area (Å²) in [5.74, 6) is -0.0394. The third-order valence-corrected chi connectivity index (χ3v) is 7.90. The summed E-state index contributed by atoms with van der Waals surface area (Å²) in [6.45, 7) is 5.40. The first kappa shape index (κ1) is 30.9. The highest BCUT2D eigenvalue weighted by Gasteiger charge is 2.34. The second-order valence-corrected chi connectivity index (χ2v) is 11.6. The summed E-state index contributed by atoms with van der Waals surface area (Å²) in [5.41, 5.74) is 7.11. The lowest BCUT2D eigenvalue weighted by Crippen LogP contribution is -2.52. The van der Waals surface area contributed by atoms with Gasteiger partial charge < -0.3 is 20.1 Å². The second kappa shape index (κ2) is 12.9. The molecule has 2 N–H and O–H groups in total. The minimum absolute atomic E-state index is 0.187. The zero-order valence-corrected chi connectivity index (χ0v) is 24.4. The lowest BCUT2D eigenvalue weighted by molar-refractivity contribution is -0.137. The molecule has 1 aromatic heterocycles. The number of halogens is 5. The fourth-order valence-electron chi connectivity index (χ4n) is 5.23. The Bertz CT molecular complexity index is 1440. The van der Waals surface area contributed by atoms with E-state index in [1.807, 2.05) is 18.7 Å². The van der Waals surface area contributed by atoms with Crippen LogP contribution >= 0.6 is 23.2 Å². The van der Waals surface area contributed by atoms with Crippen molar-refractivity contribution in [1.82, 2.24) is 9.47 Å². The zero-order valence-electron chi connectivity index (χ0n) is 22.9. The van der Waals surface area contributed by atoms with E-state index in [2.05, 4.69) is 0 Å². The Labute approximate surface area is 247 Å². The van der Waals surface area contributed by atoms with Crippen LogP contribution in [0.4, 0.5) is 18.9 Å². The lowest BCUT2D eigenvalue weighted by Gasteiger charge is -2.39. The molecule has 3 aromatic rings. The summed E-state index contributed by atoms with van der Waals surface area (Å²) in [6.07, 6.45) is -2.18. The number of anilines is 1. The van der Waals surface area contributed by atoms with E-state index >= 15 is 0 Å². The first-order valence-electron chi connectivity index (χ1n) is 13.5. The van der Waals surface area contributed by atoms with Gasteiger partial charge in [0.25, 0.3) is 5.56 Å². The number of amides is 1. The normalized spacial score (nSPS) is 15.7. The van der Waals surface area contributed by atoms with E-state index in [1.54, 1.807) is 41.4 Å². The molecule has 41 heavy (non-hydrogen) atoms. The van der Waals surface area contributed by atoms with Gasteiger partial charge in [-0.2, -0.15) is 13.2 Å². The maximum Gasteiger partial charge on any atom is 0.416 e. The molecule has 2 unspecified atom stereocenters. The monoisotopic (exact) mass is 608 g/mol. The molecule has 2 heterocycles. The number of hydrogen-bond donors (Lipinski definition) is 1. The zero-order chi connectivity index (χ0) is 29.9. The molecular weight excluding hydrogens is 576 g/mol. The van der Waals surface area contributed by atoms with E-state index in [0.717, 1.165) is 12.1 Å². The number of pyridine rings is 1. The van der Waals surface area contributed by atoms with Crippen molar-refractivity contribution in [2.45, 2.75) is 44.9 Å². The van der Waals surface area contributed by atoms with Gasteiger partial charge in [-0.15, -0.1) is 0 Å². The highest BCUT2D eigenvalue weighted by Crippen LogP contribution is 2.37. The molecule has 2 aromatic carbocycles. The molecule has 1 amide bonds. The molecule has 0 radical (unpaired) electrons. The number of carbonyl (C=O) groups is 1. The number of piperazine rings is 1. The number of hydrogen-bond acceptors (Lipinski definition) is 4. The average molecular weight is 610 g/mol. The summed E-state index contributed by atoms with van der Waals surface area (Å²) >= 11 is 12.5. The Balaban J connectivity index is 1.57. The van der Waals surface area contributed by atoms with Crippen LogP contribution < -0.4 is 16.2 Å². The SMILES string of the molecule is CC(C)CC(N)c1cc(C(F)(F)F)ccc1N1CCN(C(=O)C(Cc2ccc(Cl)cc2Cl)n2ccccc2=O)CC1. The van der Waals surface area contributed by atoms with E-state index < -0.39 is 23.8 Å². The molecule has 0 spiro atoms. The van der Waals surface area contributed by atoms with Crippen molar-refractivity contribution in [3.8, 4) is 0 Å². The highest BCUT2D eigenvalue weighted by molar-refractivity contribution is 6.35. The van der Waals surface area contributed by atoms with E-state index in [-0.39, 0.29) is 23.8 Å². The number of nitrogens with two attached hydrogens (primary N) is 1. The van der Waals surface area contributed by atoms with Crippen LogP contribution in [0.25, 0.3) is 0 Å². The van der Waals surface area contributed by atoms with Crippen molar-refractivity contribution < 1.29 is 18.0 Å². The predicted octanol–water partition coefficient (Wildman–Crippen LogP) is 6.35. The number of nitrogens with zero attached hydrogens (tertiary/aromatic N) is 3. The van der Waals surface area contributed by atoms with Gasteiger partial charge in [-0.05, 0) is 59.9 Å². The van der Waals surface area contributed by atoms with Gasteiger partial charge in [0.15, 0.2) is 0 Å². The Kier molecular flexibility index (Phi) is 9.72. The average Bonchev–Trinajstić information content (AvgIpc) is 2.92. The third kappa shape index (κ3) is 7.45. The third-order valence-electron chi connectivity index (χ3n) is 7.31. The molecule has 11 heteroatoms. The quantitative estimate of drug-likeness (QED) is 0.323. The molecule has 0 saturated carbocycles. The van der Waals surface area contributed by atoms with Crippen molar-refractivity contribution in [3.63, 3.8) is 0 Å². The van der Waals surface area contributed by atoms with Crippen molar-refractivity contribution in [2.75, 3.05) is 31.1 Å². The van der Waals surface area contributed by atoms with Crippen LogP contribution in [0.3, 0.4) is 0 Å². The van der Waals surface area contributed by atoms with Crippen LogP contribution in [0, 0.1) is 5.92 Å². The van der Waals surface area contributed by atoms with Crippen molar-refractivity contribution >= 4 is 34.8 Å². The first-order chi connectivity index (χ1) is 19.3. The van der Waals surface area contributed by atoms with Gasteiger partial charge in [0.2, 0.25) is 5.91 Å².